The molecule has 4 rings (SSSR count). The van der Waals surface area contributed by atoms with Crippen molar-refractivity contribution in [3.8, 4) is 11.4 Å². The Labute approximate surface area is 155 Å². The van der Waals surface area contributed by atoms with E-state index < -0.39 is 0 Å². The van der Waals surface area contributed by atoms with Gasteiger partial charge in [-0.25, -0.2) is 4.68 Å². The average molecular weight is 361 g/mol. The predicted molar refractivity (Wildman–Crippen MR) is 104 cm³/mol. The number of rotatable bonds is 5. The molecule has 0 aliphatic rings. The number of aromatic amines is 1. The number of carbonyl (C=O) groups is 1. The molecule has 0 bridgehead atoms. The topological polar surface area (TPSA) is 101 Å². The van der Waals surface area contributed by atoms with E-state index in [0.29, 0.717) is 23.9 Å². The molecule has 0 aliphatic carbocycles. The van der Waals surface area contributed by atoms with Gasteiger partial charge in [0.05, 0.1) is 11.7 Å². The quantitative estimate of drug-likeness (QED) is 0.507. The van der Waals surface area contributed by atoms with Gasteiger partial charge >= 0.3 is 0 Å². The highest BCUT2D eigenvalue weighted by Gasteiger charge is 2.11. The van der Waals surface area contributed by atoms with Gasteiger partial charge in [-0.1, -0.05) is 12.1 Å². The number of carbonyl (C=O) groups excluding carboxylic acids is 1. The SMILES string of the molecule is CCNC(=O)c1ccc(-c2nc(Nc3ccc4[nH]ncc4c3)n(C)n2)cc1. The van der Waals surface area contributed by atoms with Crippen LogP contribution in [0.3, 0.4) is 0 Å². The summed E-state index contributed by atoms with van der Waals surface area (Å²) < 4.78 is 1.69. The van der Waals surface area contributed by atoms with E-state index in [4.69, 9.17) is 0 Å². The molecule has 0 fully saturated rings. The molecule has 0 unspecified atom stereocenters. The zero-order chi connectivity index (χ0) is 18.8. The summed E-state index contributed by atoms with van der Waals surface area (Å²) in [5.74, 6) is 1.13. The molecule has 2 heterocycles. The molecule has 2 aromatic carbocycles. The number of aromatic nitrogens is 5. The molecule has 27 heavy (non-hydrogen) atoms. The van der Waals surface area contributed by atoms with E-state index in [2.05, 4.69) is 30.9 Å². The van der Waals surface area contributed by atoms with Gasteiger partial charge in [0, 0.05) is 35.8 Å². The van der Waals surface area contributed by atoms with Gasteiger partial charge < -0.3 is 10.6 Å². The minimum absolute atomic E-state index is 0.0879. The largest absolute Gasteiger partial charge is 0.352 e. The first-order valence-corrected chi connectivity index (χ1v) is 8.64. The fourth-order valence-electron chi connectivity index (χ4n) is 2.80. The molecule has 0 spiro atoms. The number of nitrogens with zero attached hydrogens (tertiary/aromatic N) is 4. The number of hydrogen-bond acceptors (Lipinski definition) is 5. The lowest BCUT2D eigenvalue weighted by Crippen LogP contribution is -2.22. The van der Waals surface area contributed by atoms with Gasteiger partial charge in [0.2, 0.25) is 5.95 Å². The zero-order valence-electron chi connectivity index (χ0n) is 15.0. The van der Waals surface area contributed by atoms with Crippen LogP contribution < -0.4 is 10.6 Å². The monoisotopic (exact) mass is 361 g/mol. The number of amides is 1. The number of nitrogens with one attached hydrogen (secondary N) is 3. The van der Waals surface area contributed by atoms with Crippen molar-refractivity contribution in [2.45, 2.75) is 6.92 Å². The number of H-pyrrole nitrogens is 1. The second-order valence-electron chi connectivity index (χ2n) is 6.12. The molecule has 0 saturated carbocycles. The maximum Gasteiger partial charge on any atom is 0.251 e. The van der Waals surface area contributed by atoms with Gasteiger partial charge in [0.1, 0.15) is 0 Å². The number of anilines is 2. The van der Waals surface area contributed by atoms with Crippen molar-refractivity contribution >= 4 is 28.4 Å². The third-order valence-corrected chi connectivity index (χ3v) is 4.20. The Morgan fingerprint density at radius 2 is 2.00 bits per heavy atom. The van der Waals surface area contributed by atoms with Crippen LogP contribution in [0.4, 0.5) is 11.6 Å². The molecule has 3 N–H and O–H groups in total. The van der Waals surface area contributed by atoms with E-state index >= 15 is 0 Å². The first kappa shape index (κ1) is 16.8. The standard InChI is InChI=1S/C19H19N7O/c1-3-20-18(27)13-6-4-12(5-7-13)17-23-19(26(2)25-17)22-15-8-9-16-14(10-15)11-21-24-16/h4-11H,3H2,1-2H3,(H,20,27)(H,21,24)(H,22,23,25). The van der Waals surface area contributed by atoms with Crippen LogP contribution in [0, 0.1) is 0 Å². The van der Waals surface area contributed by atoms with Crippen LogP contribution in [0.5, 0.6) is 0 Å². The Morgan fingerprint density at radius 3 is 2.78 bits per heavy atom. The van der Waals surface area contributed by atoms with Gasteiger partial charge in [0.15, 0.2) is 5.82 Å². The molecular formula is C19H19N7O. The smallest absolute Gasteiger partial charge is 0.251 e. The summed E-state index contributed by atoms with van der Waals surface area (Å²) in [6.07, 6.45) is 1.78. The van der Waals surface area contributed by atoms with Gasteiger partial charge in [-0.05, 0) is 37.3 Å². The molecule has 0 atom stereocenters. The number of fused-ring (bicyclic) bond motifs is 1. The van der Waals surface area contributed by atoms with E-state index in [1.807, 2.05) is 44.3 Å². The lowest BCUT2D eigenvalue weighted by molar-refractivity contribution is 0.0956. The Balaban J connectivity index is 1.56. The maximum absolute atomic E-state index is 11.9. The third kappa shape index (κ3) is 3.37. The van der Waals surface area contributed by atoms with Gasteiger partial charge in [-0.15, -0.1) is 5.10 Å². The van der Waals surface area contributed by atoms with Crippen molar-refractivity contribution in [3.63, 3.8) is 0 Å². The molecule has 0 radical (unpaired) electrons. The van der Waals surface area contributed by atoms with Crippen LogP contribution in [-0.2, 0) is 7.05 Å². The van der Waals surface area contributed by atoms with Gasteiger partial charge in [-0.2, -0.15) is 10.1 Å². The minimum Gasteiger partial charge on any atom is -0.352 e. The molecule has 1 amide bonds. The Morgan fingerprint density at radius 1 is 1.19 bits per heavy atom. The molecule has 8 nitrogen and oxygen atoms in total. The lowest BCUT2D eigenvalue weighted by atomic mass is 10.1. The van der Waals surface area contributed by atoms with E-state index in [0.717, 1.165) is 22.2 Å². The summed E-state index contributed by atoms with van der Waals surface area (Å²) in [6.45, 7) is 2.49. The maximum atomic E-state index is 11.9. The average Bonchev–Trinajstić information content (AvgIpc) is 3.28. The van der Waals surface area contributed by atoms with Crippen molar-refractivity contribution < 1.29 is 4.79 Å². The molecular weight excluding hydrogens is 342 g/mol. The second-order valence-corrected chi connectivity index (χ2v) is 6.12. The zero-order valence-corrected chi connectivity index (χ0v) is 15.0. The third-order valence-electron chi connectivity index (χ3n) is 4.20. The van der Waals surface area contributed by atoms with E-state index in [1.165, 1.54) is 0 Å². The Kier molecular flexibility index (Phi) is 4.29. The molecule has 0 saturated heterocycles. The first-order valence-electron chi connectivity index (χ1n) is 8.64. The van der Waals surface area contributed by atoms with Crippen molar-refractivity contribution in [2.75, 3.05) is 11.9 Å². The van der Waals surface area contributed by atoms with Crippen LogP contribution in [-0.4, -0.2) is 37.4 Å². The van der Waals surface area contributed by atoms with E-state index in [9.17, 15) is 4.79 Å². The molecule has 0 aliphatic heterocycles. The number of hydrogen-bond donors (Lipinski definition) is 3. The predicted octanol–water partition coefficient (Wildman–Crippen LogP) is 2.85. The first-order chi connectivity index (χ1) is 13.1. The number of benzene rings is 2. The molecule has 4 aromatic rings. The lowest BCUT2D eigenvalue weighted by Gasteiger charge is -2.04. The second kappa shape index (κ2) is 6.91. The summed E-state index contributed by atoms with van der Waals surface area (Å²) in [7, 11) is 1.83. The highest BCUT2D eigenvalue weighted by atomic mass is 16.1. The minimum atomic E-state index is -0.0879. The van der Waals surface area contributed by atoms with E-state index in [-0.39, 0.29) is 5.91 Å². The van der Waals surface area contributed by atoms with Crippen molar-refractivity contribution in [2.24, 2.45) is 7.05 Å². The summed E-state index contributed by atoms with van der Waals surface area (Å²) in [4.78, 5) is 16.4. The Hall–Kier alpha value is -3.68. The molecule has 2 aromatic heterocycles. The van der Waals surface area contributed by atoms with Crippen molar-refractivity contribution in [3.05, 3.63) is 54.2 Å². The van der Waals surface area contributed by atoms with Crippen molar-refractivity contribution in [1.82, 2.24) is 30.3 Å². The van der Waals surface area contributed by atoms with Crippen LogP contribution >= 0.6 is 0 Å². The fraction of sp³-hybridized carbons (Fsp3) is 0.158. The molecule has 136 valence electrons. The van der Waals surface area contributed by atoms with Crippen LogP contribution in [0.25, 0.3) is 22.3 Å². The Bertz CT molecular complexity index is 1090. The highest BCUT2D eigenvalue weighted by molar-refractivity contribution is 5.94. The molecule has 8 heteroatoms. The van der Waals surface area contributed by atoms with Crippen LogP contribution in [0.1, 0.15) is 17.3 Å². The van der Waals surface area contributed by atoms with Crippen LogP contribution in [0.2, 0.25) is 0 Å². The van der Waals surface area contributed by atoms with Crippen LogP contribution in [0.15, 0.2) is 48.7 Å². The fourth-order valence-corrected chi connectivity index (χ4v) is 2.80. The van der Waals surface area contributed by atoms with Crippen molar-refractivity contribution in [1.29, 1.82) is 0 Å². The summed E-state index contributed by atoms with van der Waals surface area (Å²) >= 11 is 0. The van der Waals surface area contributed by atoms with E-state index in [1.54, 1.807) is 23.0 Å². The number of aryl methyl sites for hydroxylation is 1. The normalized spacial score (nSPS) is 10.9. The summed E-state index contributed by atoms with van der Waals surface area (Å²) in [5, 5.41) is 18.5. The van der Waals surface area contributed by atoms with Gasteiger partial charge in [-0.3, -0.25) is 9.89 Å². The summed E-state index contributed by atoms with van der Waals surface area (Å²) in [5.41, 5.74) is 3.34. The summed E-state index contributed by atoms with van der Waals surface area (Å²) in [6, 6.07) is 13.2. The van der Waals surface area contributed by atoms with Gasteiger partial charge in [0.25, 0.3) is 5.91 Å². The highest BCUT2D eigenvalue weighted by Crippen LogP contribution is 2.22.